The predicted octanol–water partition coefficient (Wildman–Crippen LogP) is 1.81. The maximum atomic E-state index is 5.37. The second-order valence-electron chi connectivity index (χ2n) is 5.75. The summed E-state index contributed by atoms with van der Waals surface area (Å²) in [6.45, 7) is 7.33. The Bertz CT molecular complexity index is 443. The van der Waals surface area contributed by atoms with Gasteiger partial charge >= 0.3 is 0 Å². The topological polar surface area (TPSA) is 27.7 Å². The largest absolute Gasteiger partial charge is 0.385 e. The first-order chi connectivity index (χ1) is 9.83. The van der Waals surface area contributed by atoms with E-state index >= 15 is 0 Å². The number of nitrogens with zero attached hydrogens (tertiary/aromatic N) is 2. The first kappa shape index (κ1) is 13.7. The van der Waals surface area contributed by atoms with Gasteiger partial charge < -0.3 is 15.0 Å². The number of morpholine rings is 1. The minimum absolute atomic E-state index is 0.895. The average molecular weight is 275 g/mol. The zero-order chi connectivity index (χ0) is 13.8. The first-order valence-corrected chi connectivity index (χ1v) is 7.71. The molecule has 2 heterocycles. The van der Waals surface area contributed by atoms with E-state index in [9.17, 15) is 0 Å². The minimum atomic E-state index is 0.895. The summed E-state index contributed by atoms with van der Waals surface area (Å²) in [6.07, 6.45) is 2.37. The fourth-order valence-electron chi connectivity index (χ4n) is 3.04. The second kappa shape index (κ2) is 6.46. The van der Waals surface area contributed by atoms with Crippen LogP contribution in [-0.4, -0.2) is 57.9 Å². The molecule has 3 rings (SSSR count). The molecule has 1 saturated heterocycles. The van der Waals surface area contributed by atoms with Crippen molar-refractivity contribution in [3.8, 4) is 0 Å². The van der Waals surface area contributed by atoms with Gasteiger partial charge in [0.25, 0.3) is 0 Å². The summed E-state index contributed by atoms with van der Waals surface area (Å²) in [4.78, 5) is 4.82. The summed E-state index contributed by atoms with van der Waals surface area (Å²) < 4.78 is 5.37. The van der Waals surface area contributed by atoms with E-state index in [0.717, 1.165) is 39.4 Å². The molecule has 1 aromatic rings. The van der Waals surface area contributed by atoms with E-state index < -0.39 is 0 Å². The number of nitrogens with one attached hydrogen (secondary N) is 1. The average Bonchev–Trinajstić information content (AvgIpc) is 2.86. The van der Waals surface area contributed by atoms with E-state index in [1.54, 1.807) is 0 Å². The lowest BCUT2D eigenvalue weighted by Gasteiger charge is -2.26. The third kappa shape index (κ3) is 3.25. The fraction of sp³-hybridized carbons (Fsp3) is 0.625. The van der Waals surface area contributed by atoms with Gasteiger partial charge in [-0.1, -0.05) is 0 Å². The zero-order valence-electron chi connectivity index (χ0n) is 12.4. The summed E-state index contributed by atoms with van der Waals surface area (Å²) in [5, 5.41) is 3.55. The molecule has 1 aromatic carbocycles. The molecule has 4 nitrogen and oxygen atoms in total. The van der Waals surface area contributed by atoms with Crippen LogP contribution in [0.3, 0.4) is 0 Å². The molecule has 0 unspecified atom stereocenters. The van der Waals surface area contributed by atoms with Gasteiger partial charge in [-0.3, -0.25) is 4.90 Å². The van der Waals surface area contributed by atoms with Crippen LogP contribution in [0.2, 0.25) is 0 Å². The van der Waals surface area contributed by atoms with Crippen LogP contribution in [0.1, 0.15) is 12.0 Å². The Labute approximate surface area is 121 Å². The van der Waals surface area contributed by atoms with E-state index in [2.05, 4.69) is 40.4 Å². The third-order valence-corrected chi connectivity index (χ3v) is 4.29. The molecular weight excluding hydrogens is 250 g/mol. The van der Waals surface area contributed by atoms with E-state index in [4.69, 9.17) is 4.74 Å². The van der Waals surface area contributed by atoms with Gasteiger partial charge in [-0.25, -0.2) is 0 Å². The molecule has 0 radical (unpaired) electrons. The van der Waals surface area contributed by atoms with Gasteiger partial charge in [0.2, 0.25) is 0 Å². The first-order valence-electron chi connectivity index (χ1n) is 7.71. The van der Waals surface area contributed by atoms with E-state index in [1.165, 1.54) is 36.3 Å². The van der Waals surface area contributed by atoms with E-state index in [1.807, 2.05) is 0 Å². The van der Waals surface area contributed by atoms with Gasteiger partial charge in [0.05, 0.1) is 13.2 Å². The number of fused-ring (bicyclic) bond motifs is 1. The number of likely N-dealkylation sites (N-methyl/N-ethyl adjacent to an activating group) is 1. The standard InChI is InChI=1S/C16H25N3O/c1-18-8-5-14-13-15(3-4-16(14)18)17-6-2-7-19-9-11-20-12-10-19/h3-4,13,17H,2,5-12H2,1H3. The van der Waals surface area contributed by atoms with Gasteiger partial charge in [-0.2, -0.15) is 0 Å². The highest BCUT2D eigenvalue weighted by Gasteiger charge is 2.15. The van der Waals surface area contributed by atoms with E-state index in [0.29, 0.717) is 0 Å². The summed E-state index contributed by atoms with van der Waals surface area (Å²) in [5.41, 5.74) is 4.13. The summed E-state index contributed by atoms with van der Waals surface area (Å²) in [7, 11) is 2.17. The number of rotatable bonds is 5. The van der Waals surface area contributed by atoms with Crippen LogP contribution >= 0.6 is 0 Å². The predicted molar refractivity (Wildman–Crippen MR) is 83.8 cm³/mol. The van der Waals surface area contributed by atoms with Crippen LogP contribution < -0.4 is 10.2 Å². The molecule has 0 saturated carbocycles. The lowest BCUT2D eigenvalue weighted by Crippen LogP contribution is -2.37. The molecule has 0 amide bonds. The summed E-state index contributed by atoms with van der Waals surface area (Å²) >= 11 is 0. The zero-order valence-corrected chi connectivity index (χ0v) is 12.4. The van der Waals surface area contributed by atoms with Gasteiger partial charge in [0, 0.05) is 44.6 Å². The minimum Gasteiger partial charge on any atom is -0.385 e. The Hall–Kier alpha value is -1.26. The Morgan fingerprint density at radius 2 is 2.05 bits per heavy atom. The van der Waals surface area contributed by atoms with Crippen LogP contribution in [0.4, 0.5) is 11.4 Å². The molecule has 1 N–H and O–H groups in total. The molecule has 0 bridgehead atoms. The SMILES string of the molecule is CN1CCc2cc(NCCCN3CCOCC3)ccc21. The summed E-state index contributed by atoms with van der Waals surface area (Å²) in [5.74, 6) is 0. The van der Waals surface area contributed by atoms with Crippen molar-refractivity contribution in [2.24, 2.45) is 0 Å². The van der Waals surface area contributed by atoms with Crippen LogP contribution in [0.15, 0.2) is 18.2 Å². The van der Waals surface area contributed by atoms with Gasteiger partial charge in [-0.15, -0.1) is 0 Å². The summed E-state index contributed by atoms with van der Waals surface area (Å²) in [6, 6.07) is 6.76. The normalized spacial score (nSPS) is 19.1. The van der Waals surface area contributed by atoms with E-state index in [-0.39, 0.29) is 0 Å². The number of ether oxygens (including phenoxy) is 1. The third-order valence-electron chi connectivity index (χ3n) is 4.29. The van der Waals surface area contributed by atoms with Crippen LogP contribution in [-0.2, 0) is 11.2 Å². The van der Waals surface area contributed by atoms with Crippen molar-refractivity contribution in [1.29, 1.82) is 0 Å². The highest BCUT2D eigenvalue weighted by molar-refractivity contribution is 5.63. The number of hydrogen-bond acceptors (Lipinski definition) is 4. The molecular formula is C16H25N3O. The van der Waals surface area contributed by atoms with Crippen molar-refractivity contribution >= 4 is 11.4 Å². The van der Waals surface area contributed by atoms with Crippen molar-refractivity contribution in [2.45, 2.75) is 12.8 Å². The Kier molecular flexibility index (Phi) is 4.43. The molecule has 0 atom stereocenters. The smallest absolute Gasteiger partial charge is 0.0594 e. The molecule has 20 heavy (non-hydrogen) atoms. The second-order valence-corrected chi connectivity index (χ2v) is 5.75. The maximum Gasteiger partial charge on any atom is 0.0594 e. The monoisotopic (exact) mass is 275 g/mol. The van der Waals surface area contributed by atoms with Crippen LogP contribution in [0.5, 0.6) is 0 Å². The number of benzene rings is 1. The molecule has 0 aromatic heterocycles. The van der Waals surface area contributed by atoms with Gasteiger partial charge in [0.15, 0.2) is 0 Å². The van der Waals surface area contributed by atoms with Crippen molar-refractivity contribution in [3.63, 3.8) is 0 Å². The van der Waals surface area contributed by atoms with Crippen molar-refractivity contribution < 1.29 is 4.74 Å². The number of hydrogen-bond donors (Lipinski definition) is 1. The van der Waals surface area contributed by atoms with Crippen LogP contribution in [0.25, 0.3) is 0 Å². The molecule has 0 spiro atoms. The Balaban J connectivity index is 1.42. The molecule has 4 heteroatoms. The van der Waals surface area contributed by atoms with Crippen molar-refractivity contribution in [3.05, 3.63) is 23.8 Å². The quantitative estimate of drug-likeness (QED) is 0.830. The highest BCUT2D eigenvalue weighted by atomic mass is 16.5. The van der Waals surface area contributed by atoms with Gasteiger partial charge in [0.1, 0.15) is 0 Å². The fourth-order valence-corrected chi connectivity index (χ4v) is 3.04. The van der Waals surface area contributed by atoms with Crippen LogP contribution in [0, 0.1) is 0 Å². The number of anilines is 2. The Morgan fingerprint density at radius 1 is 1.20 bits per heavy atom. The maximum absolute atomic E-state index is 5.37. The Morgan fingerprint density at radius 3 is 2.90 bits per heavy atom. The van der Waals surface area contributed by atoms with Crippen molar-refractivity contribution in [2.75, 3.05) is 63.2 Å². The molecule has 2 aliphatic rings. The molecule has 2 aliphatic heterocycles. The van der Waals surface area contributed by atoms with Crippen molar-refractivity contribution in [1.82, 2.24) is 4.90 Å². The molecule has 0 aliphatic carbocycles. The van der Waals surface area contributed by atoms with Gasteiger partial charge in [-0.05, 0) is 43.1 Å². The molecule has 110 valence electrons. The lowest BCUT2D eigenvalue weighted by atomic mass is 10.1. The highest BCUT2D eigenvalue weighted by Crippen LogP contribution is 2.28. The lowest BCUT2D eigenvalue weighted by molar-refractivity contribution is 0.0378. The molecule has 1 fully saturated rings.